The number of nitrogens with one attached hydrogen (secondary N) is 1. The molecule has 0 bridgehead atoms. The summed E-state index contributed by atoms with van der Waals surface area (Å²) >= 11 is 3.66. The van der Waals surface area contributed by atoms with Crippen molar-refractivity contribution >= 4 is 22.2 Å². The number of para-hydroxylation sites is 1. The molecule has 0 unspecified atom stereocenters. The van der Waals surface area contributed by atoms with Gasteiger partial charge < -0.3 is 5.11 Å². The van der Waals surface area contributed by atoms with Crippen molar-refractivity contribution in [2.24, 2.45) is 5.10 Å². The van der Waals surface area contributed by atoms with E-state index in [2.05, 4.69) is 40.7 Å². The van der Waals surface area contributed by atoms with Crippen LogP contribution in [-0.4, -0.2) is 22.2 Å². The van der Waals surface area contributed by atoms with Gasteiger partial charge in [0.1, 0.15) is 5.75 Å². The molecule has 1 aromatic carbocycles. The van der Waals surface area contributed by atoms with Crippen LogP contribution in [0, 0.1) is 0 Å². The number of rotatable bonds is 3. The standard InChI is InChI=1S/C13H11N3O2.ClH.Cu/c17-12-4-2-1-3-11(12)9-15-16-13(18)10-5-7-14-8-6-10;;/h1-9,17H,(H,16,18);1H;/q;;+2/p-1/b15-9+;;. The summed E-state index contributed by atoms with van der Waals surface area (Å²) in [4.78, 5) is 15.4. The summed E-state index contributed by atoms with van der Waals surface area (Å²) in [6, 6.07) is 9.90. The van der Waals surface area contributed by atoms with Crippen LogP contribution in [0.1, 0.15) is 15.9 Å². The van der Waals surface area contributed by atoms with Crippen LogP contribution < -0.4 is 5.43 Å². The Hall–Kier alpha value is -1.88. The van der Waals surface area contributed by atoms with Gasteiger partial charge in [-0.3, -0.25) is 9.78 Å². The molecule has 0 aliphatic rings. The average molecular weight is 340 g/mol. The number of carbonyl (C=O) groups is 1. The van der Waals surface area contributed by atoms with Gasteiger partial charge in [0.15, 0.2) is 0 Å². The number of phenolic OH excluding ortho intramolecular Hbond substituents is 1. The number of aromatic hydroxyl groups is 1. The van der Waals surface area contributed by atoms with Crippen molar-refractivity contribution in [2.75, 3.05) is 0 Å². The van der Waals surface area contributed by atoms with Gasteiger partial charge >= 0.3 is 25.2 Å². The Morgan fingerprint density at radius 1 is 1.25 bits per heavy atom. The summed E-state index contributed by atoms with van der Waals surface area (Å²) in [5.41, 5.74) is 3.37. The quantitative estimate of drug-likeness (QED) is 0.511. The topological polar surface area (TPSA) is 74.6 Å². The Morgan fingerprint density at radius 3 is 2.55 bits per heavy atom. The van der Waals surface area contributed by atoms with Crippen molar-refractivity contribution in [3.05, 3.63) is 59.9 Å². The van der Waals surface area contributed by atoms with Crippen LogP contribution in [0.5, 0.6) is 5.75 Å². The van der Waals surface area contributed by atoms with Gasteiger partial charge in [-0.1, -0.05) is 12.1 Å². The van der Waals surface area contributed by atoms with Crippen LogP contribution in [0.15, 0.2) is 53.9 Å². The van der Waals surface area contributed by atoms with Crippen LogP contribution in [-0.2, 0) is 15.1 Å². The predicted molar refractivity (Wildman–Crippen MR) is 73.3 cm³/mol. The van der Waals surface area contributed by atoms with Crippen LogP contribution in [0.4, 0.5) is 0 Å². The van der Waals surface area contributed by atoms with E-state index in [0.29, 0.717) is 11.1 Å². The van der Waals surface area contributed by atoms with E-state index >= 15 is 0 Å². The molecule has 20 heavy (non-hydrogen) atoms. The number of amides is 1. The van der Waals surface area contributed by atoms with Gasteiger partial charge in [-0.05, 0) is 24.3 Å². The zero-order valence-corrected chi connectivity index (χ0v) is 11.8. The van der Waals surface area contributed by atoms with E-state index in [1.165, 1.54) is 18.6 Å². The molecular formula is C13H11ClCuN3O2+. The van der Waals surface area contributed by atoms with Gasteiger partial charge in [0.2, 0.25) is 0 Å². The number of nitrogens with zero attached hydrogens (tertiary/aromatic N) is 2. The number of hydrogen-bond donors (Lipinski definition) is 2. The molecule has 0 saturated carbocycles. The molecular weight excluding hydrogens is 329 g/mol. The first kappa shape index (κ1) is 16.2. The van der Waals surface area contributed by atoms with E-state index < -0.39 is 0 Å². The number of halogens is 1. The number of benzene rings is 1. The molecule has 2 rings (SSSR count). The maximum absolute atomic E-state index is 11.6. The fourth-order valence-electron chi connectivity index (χ4n) is 1.32. The zero-order valence-electron chi connectivity index (χ0n) is 10.1. The van der Waals surface area contributed by atoms with Crippen molar-refractivity contribution in [3.63, 3.8) is 0 Å². The van der Waals surface area contributed by atoms with Crippen LogP contribution >= 0.6 is 10.1 Å². The monoisotopic (exact) mass is 339 g/mol. The zero-order chi connectivity index (χ0) is 14.8. The van der Waals surface area contributed by atoms with E-state index in [1.54, 1.807) is 36.4 Å². The van der Waals surface area contributed by atoms with Crippen molar-refractivity contribution in [1.29, 1.82) is 0 Å². The van der Waals surface area contributed by atoms with E-state index in [-0.39, 0.29) is 11.7 Å². The fraction of sp³-hybridized carbons (Fsp3) is 0. The molecule has 1 amide bonds. The number of carbonyl (C=O) groups excluding carboxylic acids is 1. The molecule has 1 aromatic heterocycles. The molecule has 7 heteroatoms. The van der Waals surface area contributed by atoms with Crippen molar-refractivity contribution in [2.45, 2.75) is 0 Å². The minimum atomic E-state index is -0.330. The number of hydrazone groups is 1. The number of phenols is 1. The summed E-state index contributed by atoms with van der Waals surface area (Å²) < 4.78 is 0. The molecule has 1 heterocycles. The van der Waals surface area contributed by atoms with Crippen molar-refractivity contribution < 1.29 is 25.0 Å². The van der Waals surface area contributed by atoms with Gasteiger partial charge in [0.25, 0.3) is 5.91 Å². The van der Waals surface area contributed by atoms with Gasteiger partial charge in [-0.2, -0.15) is 5.10 Å². The fourth-order valence-corrected chi connectivity index (χ4v) is 1.32. The molecule has 0 saturated heterocycles. The van der Waals surface area contributed by atoms with Gasteiger partial charge in [0, 0.05) is 23.5 Å². The van der Waals surface area contributed by atoms with E-state index in [4.69, 9.17) is 0 Å². The molecule has 0 spiro atoms. The van der Waals surface area contributed by atoms with Crippen LogP contribution in [0.2, 0.25) is 0 Å². The molecule has 0 fully saturated rings. The Labute approximate surface area is 128 Å². The second-order valence-electron chi connectivity index (χ2n) is 3.49. The molecule has 5 nitrogen and oxygen atoms in total. The molecule has 107 valence electrons. The maximum atomic E-state index is 11.6. The van der Waals surface area contributed by atoms with Gasteiger partial charge in [-0.15, -0.1) is 0 Å². The van der Waals surface area contributed by atoms with Gasteiger partial charge in [0.05, 0.1) is 6.21 Å². The molecule has 0 radical (unpaired) electrons. The van der Waals surface area contributed by atoms with Gasteiger partial charge in [-0.25, -0.2) is 5.43 Å². The summed E-state index contributed by atoms with van der Waals surface area (Å²) in [5.74, 6) is -0.219. The second-order valence-corrected chi connectivity index (χ2v) is 3.49. The molecule has 2 aromatic rings. The van der Waals surface area contributed by atoms with E-state index in [9.17, 15) is 9.90 Å². The van der Waals surface area contributed by atoms with E-state index in [1.807, 2.05) is 0 Å². The molecule has 2 N–H and O–H groups in total. The summed E-state index contributed by atoms with van der Waals surface area (Å²) in [7, 11) is 4.20. The number of aromatic nitrogens is 1. The number of pyridine rings is 1. The second kappa shape index (κ2) is 9.09. The summed E-state index contributed by atoms with van der Waals surface area (Å²) in [6.45, 7) is 0. The Morgan fingerprint density at radius 2 is 1.90 bits per heavy atom. The first-order valence-electron chi connectivity index (χ1n) is 5.40. The Kier molecular flexibility index (Phi) is 7.35. The van der Waals surface area contributed by atoms with Crippen molar-refractivity contribution in [1.82, 2.24) is 10.4 Å². The molecule has 0 aliphatic heterocycles. The minimum absolute atomic E-state index is 0.111. The Balaban J connectivity index is 0.000000956. The third-order valence-electron chi connectivity index (χ3n) is 2.25. The predicted octanol–water partition coefficient (Wildman–Crippen LogP) is 2.24. The van der Waals surface area contributed by atoms with Crippen LogP contribution in [0.25, 0.3) is 0 Å². The molecule has 0 aliphatic carbocycles. The summed E-state index contributed by atoms with van der Waals surface area (Å²) in [6.07, 6.45) is 4.44. The van der Waals surface area contributed by atoms with E-state index in [0.717, 1.165) is 0 Å². The summed E-state index contributed by atoms with van der Waals surface area (Å²) in [5, 5.41) is 13.3. The van der Waals surface area contributed by atoms with Crippen LogP contribution in [0.3, 0.4) is 0 Å². The molecule has 0 atom stereocenters. The van der Waals surface area contributed by atoms with Crippen molar-refractivity contribution in [3.8, 4) is 5.75 Å². The normalized spacial score (nSPS) is 9.75. The SMILES string of the molecule is O=C(N/N=C/c1ccccc1O)c1ccncc1.[Cl][Cu+]. The first-order valence-corrected chi connectivity index (χ1v) is 6.70. The number of hydrogen-bond acceptors (Lipinski definition) is 4. The third-order valence-corrected chi connectivity index (χ3v) is 2.25. The first-order chi connectivity index (χ1) is 9.77. The average Bonchev–Trinajstić information content (AvgIpc) is 2.52. The Bertz CT molecular complexity index is 579. The third kappa shape index (κ3) is 5.01.